The van der Waals surface area contributed by atoms with E-state index in [-0.39, 0.29) is 5.38 Å². The maximum atomic E-state index is 6.06. The van der Waals surface area contributed by atoms with Crippen LogP contribution in [0.15, 0.2) is 12.3 Å². The number of hydrogen-bond donors (Lipinski definition) is 1. The Balaban J connectivity index is 2.26. The van der Waals surface area contributed by atoms with E-state index in [2.05, 4.69) is 41.2 Å². The smallest absolute Gasteiger partial charge is 0.0762 e. The van der Waals surface area contributed by atoms with Crippen molar-refractivity contribution in [3.63, 3.8) is 0 Å². The minimum atomic E-state index is 0.0830. The summed E-state index contributed by atoms with van der Waals surface area (Å²) in [5.74, 6) is 0. The molecular formula is C14H26ClN3O. The Kier molecular flexibility index (Phi) is 8.10. The van der Waals surface area contributed by atoms with Crippen LogP contribution in [0.5, 0.6) is 0 Å². The molecule has 4 nitrogen and oxygen atoms in total. The zero-order valence-corrected chi connectivity index (χ0v) is 13.0. The molecule has 0 aliphatic rings. The molecule has 1 unspecified atom stereocenters. The molecular weight excluding hydrogens is 262 g/mol. The van der Waals surface area contributed by atoms with Crippen molar-refractivity contribution in [3.8, 4) is 0 Å². The Bertz CT molecular complexity index is 339. The third-order valence-corrected chi connectivity index (χ3v) is 3.61. The minimum absolute atomic E-state index is 0.0830. The summed E-state index contributed by atoms with van der Waals surface area (Å²) in [6.45, 7) is 6.68. The van der Waals surface area contributed by atoms with E-state index in [1.807, 2.05) is 0 Å². The Labute approximate surface area is 121 Å². The van der Waals surface area contributed by atoms with E-state index in [9.17, 15) is 0 Å². The van der Waals surface area contributed by atoms with Gasteiger partial charge in [-0.3, -0.25) is 4.68 Å². The van der Waals surface area contributed by atoms with Gasteiger partial charge in [0, 0.05) is 19.9 Å². The molecule has 5 heteroatoms. The van der Waals surface area contributed by atoms with Gasteiger partial charge in [-0.1, -0.05) is 13.8 Å². The second-order valence-corrected chi connectivity index (χ2v) is 5.39. The molecule has 19 heavy (non-hydrogen) atoms. The first-order valence-corrected chi connectivity index (χ1v) is 7.52. The van der Waals surface area contributed by atoms with Crippen LogP contribution in [0.25, 0.3) is 0 Å². The summed E-state index contributed by atoms with van der Waals surface area (Å²) in [5, 5.41) is 8.05. The van der Waals surface area contributed by atoms with Crippen LogP contribution in [0.1, 0.15) is 44.8 Å². The van der Waals surface area contributed by atoms with Crippen LogP contribution in [0.3, 0.4) is 0 Å². The molecule has 0 radical (unpaired) electrons. The van der Waals surface area contributed by atoms with E-state index in [1.54, 1.807) is 7.11 Å². The van der Waals surface area contributed by atoms with E-state index in [0.29, 0.717) is 12.6 Å². The van der Waals surface area contributed by atoms with Crippen LogP contribution in [0, 0.1) is 0 Å². The number of rotatable bonds is 10. The maximum Gasteiger partial charge on any atom is 0.0762 e. The largest absolute Gasteiger partial charge is 0.383 e. The molecule has 1 aromatic heterocycles. The van der Waals surface area contributed by atoms with Gasteiger partial charge in [0.15, 0.2) is 0 Å². The lowest BCUT2D eigenvalue weighted by atomic mass is 10.2. The number of hydrogen-bond acceptors (Lipinski definition) is 3. The molecule has 0 bridgehead atoms. The van der Waals surface area contributed by atoms with Crippen LogP contribution < -0.4 is 5.32 Å². The highest BCUT2D eigenvalue weighted by Crippen LogP contribution is 2.14. The number of nitrogens with one attached hydrogen (secondary N) is 1. The van der Waals surface area contributed by atoms with Crippen LogP contribution in [0.4, 0.5) is 0 Å². The number of nitrogens with zero attached hydrogens (tertiary/aromatic N) is 2. The van der Waals surface area contributed by atoms with E-state index >= 15 is 0 Å². The van der Waals surface area contributed by atoms with Crippen molar-refractivity contribution < 1.29 is 4.74 Å². The summed E-state index contributed by atoms with van der Waals surface area (Å²) in [4.78, 5) is 0. The second kappa shape index (κ2) is 9.34. The highest BCUT2D eigenvalue weighted by Gasteiger charge is 2.08. The average Bonchev–Trinajstić information content (AvgIpc) is 2.85. The summed E-state index contributed by atoms with van der Waals surface area (Å²) in [6.07, 6.45) is 5.22. The molecule has 1 aromatic rings. The maximum absolute atomic E-state index is 6.06. The molecule has 110 valence electrons. The molecule has 0 aliphatic heterocycles. The molecule has 1 heterocycles. The van der Waals surface area contributed by atoms with E-state index in [1.165, 1.54) is 0 Å². The lowest BCUT2D eigenvalue weighted by Gasteiger charge is -2.12. The lowest BCUT2D eigenvalue weighted by Crippen LogP contribution is -2.20. The fourth-order valence-corrected chi connectivity index (χ4v) is 2.31. The molecule has 0 saturated carbocycles. The van der Waals surface area contributed by atoms with Gasteiger partial charge >= 0.3 is 0 Å². The Hall–Kier alpha value is -0.580. The second-order valence-electron chi connectivity index (χ2n) is 4.78. The molecule has 0 spiro atoms. The van der Waals surface area contributed by atoms with Gasteiger partial charge in [0.25, 0.3) is 0 Å². The van der Waals surface area contributed by atoms with E-state index in [4.69, 9.17) is 16.3 Å². The highest BCUT2D eigenvalue weighted by molar-refractivity contribution is 6.20. The van der Waals surface area contributed by atoms with Crippen molar-refractivity contribution in [1.82, 2.24) is 15.1 Å². The van der Waals surface area contributed by atoms with Gasteiger partial charge in [0.05, 0.1) is 23.7 Å². The number of halogens is 1. The minimum Gasteiger partial charge on any atom is -0.383 e. The van der Waals surface area contributed by atoms with E-state index in [0.717, 1.165) is 38.0 Å². The highest BCUT2D eigenvalue weighted by atomic mass is 35.5. The van der Waals surface area contributed by atoms with Gasteiger partial charge in [0.2, 0.25) is 0 Å². The summed E-state index contributed by atoms with van der Waals surface area (Å²) in [6, 6.07) is 2.60. The molecule has 0 saturated heterocycles. The zero-order valence-electron chi connectivity index (χ0n) is 12.2. The monoisotopic (exact) mass is 287 g/mol. The molecule has 1 N–H and O–H groups in total. The SMILES string of the molecule is CCC(CC)n1ccc(CNCCC(Cl)COC)n1. The number of alkyl halides is 1. The number of ether oxygens (including phenoxy) is 1. The summed E-state index contributed by atoms with van der Waals surface area (Å²) in [7, 11) is 1.67. The Morgan fingerprint density at radius 1 is 1.42 bits per heavy atom. The zero-order chi connectivity index (χ0) is 14.1. The predicted octanol–water partition coefficient (Wildman–Crippen LogP) is 2.98. The van der Waals surface area contributed by atoms with E-state index < -0.39 is 0 Å². The summed E-state index contributed by atoms with van der Waals surface area (Å²) in [5.41, 5.74) is 1.09. The third kappa shape index (κ3) is 5.93. The van der Waals surface area contributed by atoms with Crippen molar-refractivity contribution in [3.05, 3.63) is 18.0 Å². The third-order valence-electron chi connectivity index (χ3n) is 3.27. The lowest BCUT2D eigenvalue weighted by molar-refractivity contribution is 0.195. The van der Waals surface area contributed by atoms with Crippen molar-refractivity contribution in [1.29, 1.82) is 0 Å². The molecule has 0 aromatic carbocycles. The van der Waals surface area contributed by atoms with Crippen molar-refractivity contribution >= 4 is 11.6 Å². The molecule has 1 atom stereocenters. The number of methoxy groups -OCH3 is 1. The first kappa shape index (κ1) is 16.5. The van der Waals surface area contributed by atoms with Crippen molar-refractivity contribution in [2.24, 2.45) is 0 Å². The normalized spacial score (nSPS) is 13.1. The predicted molar refractivity (Wildman–Crippen MR) is 79.7 cm³/mol. The fourth-order valence-electron chi connectivity index (χ4n) is 2.08. The van der Waals surface area contributed by atoms with Gasteiger partial charge < -0.3 is 10.1 Å². The van der Waals surface area contributed by atoms with Gasteiger partial charge in [-0.2, -0.15) is 5.10 Å². The average molecular weight is 288 g/mol. The first-order chi connectivity index (χ1) is 9.21. The van der Waals surface area contributed by atoms with Crippen LogP contribution in [-0.2, 0) is 11.3 Å². The van der Waals surface area contributed by atoms with Gasteiger partial charge in [-0.15, -0.1) is 11.6 Å². The standard InChI is InChI=1S/C14H26ClN3O/c1-4-14(5-2)18-9-7-13(17-18)10-16-8-6-12(15)11-19-3/h7,9,12,14,16H,4-6,8,10-11H2,1-3H3. The van der Waals surface area contributed by atoms with Crippen LogP contribution >= 0.6 is 11.6 Å². The van der Waals surface area contributed by atoms with Gasteiger partial charge in [0.1, 0.15) is 0 Å². The van der Waals surface area contributed by atoms with Gasteiger partial charge in [-0.25, -0.2) is 0 Å². The summed E-state index contributed by atoms with van der Waals surface area (Å²) >= 11 is 6.06. The molecule has 0 amide bonds. The Morgan fingerprint density at radius 2 is 2.16 bits per heavy atom. The quantitative estimate of drug-likeness (QED) is 0.531. The van der Waals surface area contributed by atoms with Crippen LogP contribution in [-0.4, -0.2) is 35.4 Å². The fraction of sp³-hybridized carbons (Fsp3) is 0.786. The van der Waals surface area contributed by atoms with Crippen LogP contribution in [0.2, 0.25) is 0 Å². The Morgan fingerprint density at radius 3 is 2.79 bits per heavy atom. The topological polar surface area (TPSA) is 39.1 Å². The van der Waals surface area contributed by atoms with Crippen molar-refractivity contribution in [2.45, 2.75) is 51.1 Å². The van der Waals surface area contributed by atoms with Gasteiger partial charge in [-0.05, 0) is 31.9 Å². The van der Waals surface area contributed by atoms with Crippen molar-refractivity contribution in [2.75, 3.05) is 20.3 Å². The molecule has 0 fully saturated rings. The molecule has 1 rings (SSSR count). The summed E-state index contributed by atoms with van der Waals surface area (Å²) < 4.78 is 7.07. The first-order valence-electron chi connectivity index (χ1n) is 7.09. The molecule has 0 aliphatic carbocycles. The number of aromatic nitrogens is 2.